The summed E-state index contributed by atoms with van der Waals surface area (Å²) < 4.78 is 6.80. The summed E-state index contributed by atoms with van der Waals surface area (Å²) in [7, 11) is 1.94. The van der Waals surface area contributed by atoms with Crippen molar-refractivity contribution in [1.29, 1.82) is 0 Å². The average molecular weight is 343 g/mol. The maximum Gasteiger partial charge on any atom is 0.247 e. The lowest BCUT2D eigenvalue weighted by molar-refractivity contribution is 0.495. The second-order valence-electron chi connectivity index (χ2n) is 3.71. The summed E-state index contributed by atoms with van der Waals surface area (Å²) in [4.78, 5) is 0. The topological polar surface area (TPSA) is 51.0 Å². The first kappa shape index (κ1) is 12.5. The van der Waals surface area contributed by atoms with Gasteiger partial charge >= 0.3 is 0 Å². The number of hydrogen-bond acceptors (Lipinski definition) is 4. The molecular formula is C12H14IN3O. The van der Waals surface area contributed by atoms with Crippen LogP contribution in [-0.4, -0.2) is 23.8 Å². The van der Waals surface area contributed by atoms with Crippen LogP contribution in [0.2, 0.25) is 0 Å². The molecular weight excluding hydrogens is 329 g/mol. The van der Waals surface area contributed by atoms with Gasteiger partial charge in [-0.1, -0.05) is 0 Å². The molecule has 0 spiro atoms. The molecule has 1 aromatic heterocycles. The van der Waals surface area contributed by atoms with Crippen molar-refractivity contribution >= 4 is 22.6 Å². The fraction of sp³-hybridized carbons (Fsp3) is 0.333. The van der Waals surface area contributed by atoms with Gasteiger partial charge in [0.2, 0.25) is 11.8 Å². The van der Waals surface area contributed by atoms with Gasteiger partial charge in [0, 0.05) is 15.6 Å². The van der Waals surface area contributed by atoms with Gasteiger partial charge in [-0.25, -0.2) is 0 Å². The molecule has 0 saturated heterocycles. The number of aromatic nitrogens is 2. The standard InChI is InChI=1S/C12H14IN3O/c1-14-8-2-3-11-15-16-12(17-11)9-4-6-10(13)7-5-9/h4-7,14H,2-3,8H2,1H3. The van der Waals surface area contributed by atoms with Crippen LogP contribution in [0.1, 0.15) is 12.3 Å². The largest absolute Gasteiger partial charge is 0.421 e. The second-order valence-corrected chi connectivity index (χ2v) is 4.96. The zero-order chi connectivity index (χ0) is 12.1. The van der Waals surface area contributed by atoms with Crippen LogP contribution in [0.25, 0.3) is 11.5 Å². The molecule has 0 bridgehead atoms. The molecule has 90 valence electrons. The van der Waals surface area contributed by atoms with E-state index in [1.807, 2.05) is 31.3 Å². The molecule has 0 radical (unpaired) electrons. The Bertz CT molecular complexity index is 467. The lowest BCUT2D eigenvalue weighted by Gasteiger charge is -1.95. The average Bonchev–Trinajstić information content (AvgIpc) is 2.79. The predicted octanol–water partition coefficient (Wildman–Crippen LogP) is 2.49. The van der Waals surface area contributed by atoms with E-state index in [0.717, 1.165) is 24.9 Å². The number of nitrogens with zero attached hydrogens (tertiary/aromatic N) is 2. The molecule has 17 heavy (non-hydrogen) atoms. The van der Waals surface area contributed by atoms with Crippen LogP contribution >= 0.6 is 22.6 Å². The van der Waals surface area contributed by atoms with Gasteiger partial charge in [-0.15, -0.1) is 10.2 Å². The third kappa shape index (κ3) is 3.50. The van der Waals surface area contributed by atoms with Crippen molar-refractivity contribution in [1.82, 2.24) is 15.5 Å². The molecule has 4 nitrogen and oxygen atoms in total. The highest BCUT2D eigenvalue weighted by Crippen LogP contribution is 2.19. The Balaban J connectivity index is 2.04. The van der Waals surface area contributed by atoms with E-state index < -0.39 is 0 Å². The van der Waals surface area contributed by atoms with Gasteiger partial charge in [-0.2, -0.15) is 0 Å². The van der Waals surface area contributed by atoms with Crippen molar-refractivity contribution in [3.8, 4) is 11.5 Å². The highest BCUT2D eigenvalue weighted by Gasteiger charge is 2.07. The molecule has 0 aliphatic heterocycles. The molecule has 0 atom stereocenters. The first-order valence-corrected chi connectivity index (χ1v) is 6.60. The predicted molar refractivity (Wildman–Crippen MR) is 74.7 cm³/mol. The quantitative estimate of drug-likeness (QED) is 0.670. The Morgan fingerprint density at radius 2 is 2.00 bits per heavy atom. The van der Waals surface area contributed by atoms with Crippen LogP contribution < -0.4 is 5.32 Å². The molecule has 0 aliphatic rings. The Morgan fingerprint density at radius 3 is 2.71 bits per heavy atom. The first-order chi connectivity index (χ1) is 8.29. The highest BCUT2D eigenvalue weighted by atomic mass is 127. The van der Waals surface area contributed by atoms with Crippen molar-refractivity contribution < 1.29 is 4.42 Å². The zero-order valence-electron chi connectivity index (χ0n) is 9.61. The minimum absolute atomic E-state index is 0.598. The molecule has 0 fully saturated rings. The molecule has 0 saturated carbocycles. The fourth-order valence-electron chi connectivity index (χ4n) is 1.48. The van der Waals surface area contributed by atoms with Crippen LogP contribution in [0.4, 0.5) is 0 Å². The SMILES string of the molecule is CNCCCc1nnc(-c2ccc(I)cc2)o1. The van der Waals surface area contributed by atoms with Crippen LogP contribution in [0, 0.1) is 3.57 Å². The minimum Gasteiger partial charge on any atom is -0.421 e. The molecule has 0 aliphatic carbocycles. The van der Waals surface area contributed by atoms with Crippen molar-refractivity contribution in [2.45, 2.75) is 12.8 Å². The Labute approximate surface area is 114 Å². The number of benzene rings is 1. The van der Waals surface area contributed by atoms with Gasteiger partial charge in [-0.05, 0) is 66.9 Å². The van der Waals surface area contributed by atoms with Gasteiger partial charge in [0.25, 0.3) is 0 Å². The van der Waals surface area contributed by atoms with Crippen LogP contribution in [0.15, 0.2) is 28.7 Å². The molecule has 2 rings (SSSR count). The van der Waals surface area contributed by atoms with Crippen LogP contribution in [-0.2, 0) is 6.42 Å². The summed E-state index contributed by atoms with van der Waals surface area (Å²) in [5.74, 6) is 1.30. The van der Waals surface area contributed by atoms with E-state index in [1.54, 1.807) is 0 Å². The Kier molecular flexibility index (Phi) is 4.49. The van der Waals surface area contributed by atoms with Crippen molar-refractivity contribution in [2.24, 2.45) is 0 Å². The van der Waals surface area contributed by atoms with E-state index in [2.05, 4.69) is 38.1 Å². The summed E-state index contributed by atoms with van der Waals surface area (Å²) in [5, 5.41) is 11.2. The Hall–Kier alpha value is -0.950. The van der Waals surface area contributed by atoms with Crippen LogP contribution in [0.5, 0.6) is 0 Å². The van der Waals surface area contributed by atoms with Gasteiger partial charge in [0.15, 0.2) is 0 Å². The third-order valence-electron chi connectivity index (χ3n) is 2.38. The smallest absolute Gasteiger partial charge is 0.247 e. The number of hydrogen-bond donors (Lipinski definition) is 1. The summed E-state index contributed by atoms with van der Waals surface area (Å²) in [6, 6.07) is 8.04. The van der Waals surface area contributed by atoms with Gasteiger partial charge in [0.1, 0.15) is 0 Å². The van der Waals surface area contributed by atoms with Crippen molar-refractivity contribution in [2.75, 3.05) is 13.6 Å². The van der Waals surface area contributed by atoms with Crippen LogP contribution in [0.3, 0.4) is 0 Å². The summed E-state index contributed by atoms with van der Waals surface area (Å²) >= 11 is 2.27. The number of rotatable bonds is 5. The van der Waals surface area contributed by atoms with Gasteiger partial charge in [-0.3, -0.25) is 0 Å². The third-order valence-corrected chi connectivity index (χ3v) is 3.09. The lowest BCUT2D eigenvalue weighted by atomic mass is 10.2. The molecule has 1 N–H and O–H groups in total. The van der Waals surface area contributed by atoms with E-state index in [0.29, 0.717) is 11.8 Å². The van der Waals surface area contributed by atoms with Gasteiger partial charge < -0.3 is 9.73 Å². The maximum absolute atomic E-state index is 5.60. The molecule has 0 amide bonds. The molecule has 1 heterocycles. The van der Waals surface area contributed by atoms with E-state index in [4.69, 9.17) is 4.42 Å². The number of aryl methyl sites for hydroxylation is 1. The summed E-state index contributed by atoms with van der Waals surface area (Å²) in [5.41, 5.74) is 0.970. The molecule has 2 aromatic rings. The summed E-state index contributed by atoms with van der Waals surface area (Å²) in [6.45, 7) is 0.960. The molecule has 1 aromatic carbocycles. The van der Waals surface area contributed by atoms with Crippen molar-refractivity contribution in [3.63, 3.8) is 0 Å². The monoisotopic (exact) mass is 343 g/mol. The van der Waals surface area contributed by atoms with E-state index in [1.165, 1.54) is 3.57 Å². The maximum atomic E-state index is 5.60. The minimum atomic E-state index is 0.598. The Morgan fingerprint density at radius 1 is 1.24 bits per heavy atom. The first-order valence-electron chi connectivity index (χ1n) is 5.52. The molecule has 5 heteroatoms. The lowest BCUT2D eigenvalue weighted by Crippen LogP contribution is -2.08. The number of nitrogens with one attached hydrogen (secondary N) is 1. The fourth-order valence-corrected chi connectivity index (χ4v) is 1.84. The van der Waals surface area contributed by atoms with Gasteiger partial charge in [0.05, 0.1) is 0 Å². The normalized spacial score (nSPS) is 10.7. The van der Waals surface area contributed by atoms with E-state index in [9.17, 15) is 0 Å². The highest BCUT2D eigenvalue weighted by molar-refractivity contribution is 14.1. The second kappa shape index (κ2) is 6.11. The van der Waals surface area contributed by atoms with Crippen molar-refractivity contribution in [3.05, 3.63) is 33.7 Å². The summed E-state index contributed by atoms with van der Waals surface area (Å²) in [6.07, 6.45) is 1.82. The van der Waals surface area contributed by atoms with E-state index in [-0.39, 0.29) is 0 Å². The van der Waals surface area contributed by atoms with E-state index >= 15 is 0 Å². The zero-order valence-corrected chi connectivity index (χ0v) is 11.8. The number of halogens is 1. The molecule has 0 unspecified atom stereocenters.